The van der Waals surface area contributed by atoms with Gasteiger partial charge in [0.1, 0.15) is 0 Å². The summed E-state index contributed by atoms with van der Waals surface area (Å²) in [5, 5.41) is 3.32. The first-order chi connectivity index (χ1) is 10.0. The average molecular weight is 347 g/mol. The number of anilines is 1. The van der Waals surface area contributed by atoms with E-state index in [1.54, 1.807) is 23.9 Å². The van der Waals surface area contributed by atoms with Crippen molar-refractivity contribution in [3.8, 4) is 0 Å². The highest BCUT2D eigenvalue weighted by Crippen LogP contribution is 2.35. The maximum atomic E-state index is 11.7. The minimum absolute atomic E-state index is 0.00497. The van der Waals surface area contributed by atoms with E-state index in [1.165, 1.54) is 17.4 Å². The van der Waals surface area contributed by atoms with Gasteiger partial charge < -0.3 is 14.6 Å². The van der Waals surface area contributed by atoms with Crippen LogP contribution in [0.1, 0.15) is 18.5 Å². The minimum Gasteiger partial charge on any atom is -0.383 e. The van der Waals surface area contributed by atoms with Crippen molar-refractivity contribution in [2.45, 2.75) is 19.5 Å². The molecule has 0 aromatic carbocycles. The summed E-state index contributed by atoms with van der Waals surface area (Å²) in [6, 6.07) is 5.14. The van der Waals surface area contributed by atoms with Gasteiger partial charge in [0.05, 0.1) is 27.0 Å². The number of nitrogens with zero attached hydrogens (tertiary/aromatic N) is 1. The molecule has 114 valence electrons. The fourth-order valence-corrected chi connectivity index (χ4v) is 3.60. The molecule has 0 aliphatic rings. The maximum absolute atomic E-state index is 11.7. The summed E-state index contributed by atoms with van der Waals surface area (Å²) in [5.74, 6) is 0. The van der Waals surface area contributed by atoms with E-state index in [-0.39, 0.29) is 11.6 Å². The van der Waals surface area contributed by atoms with Gasteiger partial charge in [-0.1, -0.05) is 23.2 Å². The Bertz CT molecular complexity index is 669. The lowest BCUT2D eigenvalue weighted by atomic mass is 10.2. The van der Waals surface area contributed by atoms with E-state index in [2.05, 4.69) is 5.32 Å². The van der Waals surface area contributed by atoms with Crippen molar-refractivity contribution < 1.29 is 4.74 Å². The topological polar surface area (TPSA) is 43.3 Å². The molecule has 0 bridgehead atoms. The van der Waals surface area contributed by atoms with Gasteiger partial charge in [0, 0.05) is 31.5 Å². The lowest BCUT2D eigenvalue weighted by molar-refractivity contribution is 0.186. The number of pyridine rings is 1. The largest absolute Gasteiger partial charge is 0.383 e. The van der Waals surface area contributed by atoms with Crippen LogP contribution in [0.2, 0.25) is 8.67 Å². The molecule has 0 saturated carbocycles. The molecule has 0 aliphatic heterocycles. The van der Waals surface area contributed by atoms with Crippen molar-refractivity contribution in [2.75, 3.05) is 19.0 Å². The highest BCUT2D eigenvalue weighted by molar-refractivity contribution is 7.20. The van der Waals surface area contributed by atoms with Gasteiger partial charge >= 0.3 is 0 Å². The van der Waals surface area contributed by atoms with Crippen LogP contribution in [0, 0.1) is 0 Å². The molecular formula is C14H16Cl2N2O2S. The van der Waals surface area contributed by atoms with Crippen molar-refractivity contribution in [1.29, 1.82) is 0 Å². The molecule has 1 unspecified atom stereocenters. The van der Waals surface area contributed by atoms with E-state index in [0.717, 1.165) is 11.3 Å². The molecule has 0 amide bonds. The number of hydrogen-bond donors (Lipinski definition) is 1. The number of ether oxygens (including phenoxy) is 1. The zero-order chi connectivity index (χ0) is 15.4. The predicted octanol–water partition coefficient (Wildman–Crippen LogP) is 4.04. The number of thiophene rings is 1. The summed E-state index contributed by atoms with van der Waals surface area (Å²) in [5.41, 5.74) is 1.74. The molecule has 2 aromatic rings. The SMILES string of the molecule is COCCn1cc(NC(C)c2cc(Cl)sc2Cl)ccc1=O. The van der Waals surface area contributed by atoms with Gasteiger partial charge in [0.2, 0.25) is 0 Å². The monoisotopic (exact) mass is 346 g/mol. The van der Waals surface area contributed by atoms with E-state index >= 15 is 0 Å². The number of methoxy groups -OCH3 is 1. The molecule has 1 N–H and O–H groups in total. The van der Waals surface area contributed by atoms with Crippen LogP contribution < -0.4 is 10.9 Å². The number of nitrogens with one attached hydrogen (secondary N) is 1. The maximum Gasteiger partial charge on any atom is 0.250 e. The average Bonchev–Trinajstić information content (AvgIpc) is 2.78. The molecule has 2 rings (SSSR count). The Hall–Kier alpha value is -1.01. The summed E-state index contributed by atoms with van der Waals surface area (Å²) >= 11 is 13.5. The van der Waals surface area contributed by atoms with Crippen molar-refractivity contribution in [3.05, 3.63) is 49.0 Å². The van der Waals surface area contributed by atoms with E-state index in [4.69, 9.17) is 27.9 Å². The first kappa shape index (κ1) is 16.4. The molecule has 1 atom stereocenters. The molecule has 0 saturated heterocycles. The van der Waals surface area contributed by atoms with E-state index in [1.807, 2.05) is 13.0 Å². The van der Waals surface area contributed by atoms with E-state index in [9.17, 15) is 4.79 Å². The predicted molar refractivity (Wildman–Crippen MR) is 89.0 cm³/mol. The molecule has 4 nitrogen and oxygen atoms in total. The fraction of sp³-hybridized carbons (Fsp3) is 0.357. The van der Waals surface area contributed by atoms with Crippen molar-refractivity contribution >= 4 is 40.2 Å². The van der Waals surface area contributed by atoms with Gasteiger partial charge in [0.25, 0.3) is 5.56 Å². The number of rotatable bonds is 6. The Morgan fingerprint density at radius 3 is 2.81 bits per heavy atom. The van der Waals surface area contributed by atoms with Gasteiger partial charge in [-0.25, -0.2) is 0 Å². The Balaban J connectivity index is 2.15. The first-order valence-corrected chi connectivity index (χ1v) is 7.99. The lowest BCUT2D eigenvalue weighted by Crippen LogP contribution is -2.21. The van der Waals surface area contributed by atoms with E-state index in [0.29, 0.717) is 21.8 Å². The summed E-state index contributed by atoms with van der Waals surface area (Å²) in [6.07, 6.45) is 1.78. The Labute approximate surface area is 137 Å². The third kappa shape index (κ3) is 4.23. The normalized spacial score (nSPS) is 12.4. The van der Waals surface area contributed by atoms with Gasteiger partial charge in [0.15, 0.2) is 0 Å². The molecule has 2 heterocycles. The van der Waals surface area contributed by atoms with Crippen LogP contribution in [0.15, 0.2) is 29.2 Å². The molecule has 0 fully saturated rings. The molecule has 0 aliphatic carbocycles. The smallest absolute Gasteiger partial charge is 0.250 e. The van der Waals surface area contributed by atoms with E-state index < -0.39 is 0 Å². The molecular weight excluding hydrogens is 331 g/mol. The van der Waals surface area contributed by atoms with Gasteiger partial charge in [-0.05, 0) is 19.1 Å². The second-order valence-corrected chi connectivity index (χ2v) is 6.87. The molecule has 7 heteroatoms. The Morgan fingerprint density at radius 1 is 1.43 bits per heavy atom. The summed E-state index contributed by atoms with van der Waals surface area (Å²) < 4.78 is 7.95. The molecule has 21 heavy (non-hydrogen) atoms. The van der Waals surface area contributed by atoms with Crippen LogP contribution in [-0.4, -0.2) is 18.3 Å². The zero-order valence-electron chi connectivity index (χ0n) is 11.7. The van der Waals surface area contributed by atoms with Crippen molar-refractivity contribution in [3.63, 3.8) is 0 Å². The van der Waals surface area contributed by atoms with Crippen molar-refractivity contribution in [2.24, 2.45) is 0 Å². The van der Waals surface area contributed by atoms with Crippen LogP contribution in [-0.2, 0) is 11.3 Å². The molecule has 2 aromatic heterocycles. The third-order valence-corrected chi connectivity index (χ3v) is 4.57. The Kier molecular flexibility index (Phi) is 5.70. The van der Waals surface area contributed by atoms with Crippen LogP contribution >= 0.6 is 34.5 Å². The first-order valence-electron chi connectivity index (χ1n) is 6.42. The lowest BCUT2D eigenvalue weighted by Gasteiger charge is -2.16. The minimum atomic E-state index is -0.0538. The second kappa shape index (κ2) is 7.31. The quantitative estimate of drug-likeness (QED) is 0.858. The number of aromatic nitrogens is 1. The molecule has 0 radical (unpaired) electrons. The standard InChI is InChI=1S/C14H16Cl2N2O2S/c1-9(11-7-12(15)21-14(11)16)17-10-3-4-13(19)18(8-10)5-6-20-2/h3-4,7-9,17H,5-6H2,1-2H3. The van der Waals surface area contributed by atoms with Crippen LogP contribution in [0.5, 0.6) is 0 Å². The zero-order valence-corrected chi connectivity index (χ0v) is 14.1. The van der Waals surface area contributed by atoms with Crippen LogP contribution in [0.25, 0.3) is 0 Å². The fourth-order valence-electron chi connectivity index (χ4n) is 1.96. The van der Waals surface area contributed by atoms with Gasteiger partial charge in [-0.15, -0.1) is 11.3 Å². The number of halogens is 2. The van der Waals surface area contributed by atoms with Gasteiger partial charge in [-0.3, -0.25) is 4.79 Å². The Morgan fingerprint density at radius 2 is 2.19 bits per heavy atom. The summed E-state index contributed by atoms with van der Waals surface area (Å²) in [4.78, 5) is 11.7. The summed E-state index contributed by atoms with van der Waals surface area (Å²) in [7, 11) is 1.61. The molecule has 0 spiro atoms. The van der Waals surface area contributed by atoms with Crippen molar-refractivity contribution in [1.82, 2.24) is 4.57 Å². The summed E-state index contributed by atoms with van der Waals surface area (Å²) in [6.45, 7) is 3.00. The highest BCUT2D eigenvalue weighted by Gasteiger charge is 2.13. The van der Waals surface area contributed by atoms with Crippen LogP contribution in [0.3, 0.4) is 0 Å². The van der Waals surface area contributed by atoms with Gasteiger partial charge in [-0.2, -0.15) is 0 Å². The highest BCUT2D eigenvalue weighted by atomic mass is 35.5. The second-order valence-electron chi connectivity index (χ2n) is 4.59. The third-order valence-electron chi connectivity index (χ3n) is 3.05. The number of hydrogen-bond acceptors (Lipinski definition) is 4. The van der Waals surface area contributed by atoms with Crippen LogP contribution in [0.4, 0.5) is 5.69 Å².